The quantitative estimate of drug-likeness (QED) is 0.656. The van der Waals surface area contributed by atoms with Crippen LogP contribution in [0.5, 0.6) is 0 Å². The number of pyridine rings is 1. The van der Waals surface area contributed by atoms with E-state index >= 15 is 0 Å². The lowest BCUT2D eigenvalue weighted by Crippen LogP contribution is -2.07. The highest BCUT2D eigenvalue weighted by atomic mass is 16.3. The second-order valence-electron chi connectivity index (χ2n) is 3.25. The number of anilines is 2. The van der Waals surface area contributed by atoms with Crippen molar-refractivity contribution in [2.45, 2.75) is 0 Å². The summed E-state index contributed by atoms with van der Waals surface area (Å²) in [5.74, 6) is 0.758. The molecule has 2 aromatic rings. The number of hydrogen-bond acceptors (Lipinski definition) is 4. The number of nitrogens with two attached hydrogens (primary N) is 1. The molecule has 4 N–H and O–H groups in total. The van der Waals surface area contributed by atoms with Crippen molar-refractivity contribution in [2.24, 2.45) is 0 Å². The molecule has 15 heavy (non-hydrogen) atoms. The molecule has 4 heteroatoms. The van der Waals surface area contributed by atoms with E-state index in [0.717, 1.165) is 22.3 Å². The zero-order chi connectivity index (χ0) is 10.7. The van der Waals surface area contributed by atoms with E-state index in [2.05, 4.69) is 10.3 Å². The molecular formula is C11H13N3O. The Labute approximate surface area is 87.7 Å². The van der Waals surface area contributed by atoms with E-state index in [1.807, 2.05) is 24.3 Å². The molecule has 1 aromatic carbocycles. The molecule has 0 saturated carbocycles. The normalized spacial score (nSPS) is 10.5. The third kappa shape index (κ3) is 1.85. The van der Waals surface area contributed by atoms with Gasteiger partial charge in [-0.2, -0.15) is 0 Å². The molecule has 0 aliphatic heterocycles. The molecule has 78 valence electrons. The lowest BCUT2D eigenvalue weighted by Gasteiger charge is -2.08. The largest absolute Gasteiger partial charge is 0.398 e. The minimum Gasteiger partial charge on any atom is -0.398 e. The topological polar surface area (TPSA) is 71.2 Å². The van der Waals surface area contributed by atoms with Gasteiger partial charge in [0.05, 0.1) is 6.61 Å². The number of aliphatic hydroxyl groups excluding tert-OH is 1. The Balaban J connectivity index is 2.51. The highest BCUT2D eigenvalue weighted by molar-refractivity contribution is 5.99. The molecule has 0 aliphatic rings. The summed E-state index contributed by atoms with van der Waals surface area (Å²) in [6.45, 7) is 0.571. The van der Waals surface area contributed by atoms with Gasteiger partial charge in [0, 0.05) is 29.2 Å². The third-order valence-electron chi connectivity index (χ3n) is 2.24. The van der Waals surface area contributed by atoms with Gasteiger partial charge < -0.3 is 16.2 Å². The molecule has 0 spiro atoms. The van der Waals surface area contributed by atoms with Crippen LogP contribution in [0.4, 0.5) is 11.5 Å². The van der Waals surface area contributed by atoms with Crippen molar-refractivity contribution < 1.29 is 5.11 Å². The Morgan fingerprint density at radius 2 is 2.13 bits per heavy atom. The van der Waals surface area contributed by atoms with Crippen molar-refractivity contribution in [3.8, 4) is 0 Å². The average Bonchev–Trinajstić information content (AvgIpc) is 2.27. The highest BCUT2D eigenvalue weighted by Crippen LogP contribution is 2.25. The number of aliphatic hydroxyl groups is 1. The van der Waals surface area contributed by atoms with Crippen molar-refractivity contribution >= 4 is 22.3 Å². The summed E-state index contributed by atoms with van der Waals surface area (Å²) in [6.07, 6.45) is 1.71. The van der Waals surface area contributed by atoms with Crippen LogP contribution in [0.15, 0.2) is 30.5 Å². The van der Waals surface area contributed by atoms with E-state index in [9.17, 15) is 0 Å². The van der Waals surface area contributed by atoms with Gasteiger partial charge in [-0.3, -0.25) is 0 Å². The standard InChI is InChI=1S/C11H13N3O/c12-10-3-1-2-9-8(10)4-5-13-11(9)14-6-7-15/h1-5,15H,6-7,12H2,(H,13,14). The Morgan fingerprint density at radius 1 is 1.27 bits per heavy atom. The Bertz CT molecular complexity index is 470. The lowest BCUT2D eigenvalue weighted by molar-refractivity contribution is 0.311. The molecular weight excluding hydrogens is 190 g/mol. The smallest absolute Gasteiger partial charge is 0.133 e. The molecule has 4 nitrogen and oxygen atoms in total. The number of nitrogens with one attached hydrogen (secondary N) is 1. The van der Waals surface area contributed by atoms with Crippen LogP contribution in [0.1, 0.15) is 0 Å². The van der Waals surface area contributed by atoms with Crippen LogP contribution in [-0.2, 0) is 0 Å². The zero-order valence-electron chi connectivity index (χ0n) is 8.27. The molecule has 0 atom stereocenters. The van der Waals surface area contributed by atoms with Crippen molar-refractivity contribution in [3.63, 3.8) is 0 Å². The van der Waals surface area contributed by atoms with Crippen LogP contribution in [-0.4, -0.2) is 23.2 Å². The number of rotatable bonds is 3. The van der Waals surface area contributed by atoms with Gasteiger partial charge in [0.2, 0.25) is 0 Å². The first-order valence-corrected chi connectivity index (χ1v) is 4.81. The first kappa shape index (κ1) is 9.73. The number of hydrogen-bond donors (Lipinski definition) is 3. The summed E-state index contributed by atoms with van der Waals surface area (Å²) in [6, 6.07) is 7.59. The molecule has 0 saturated heterocycles. The second-order valence-corrected chi connectivity index (χ2v) is 3.25. The average molecular weight is 203 g/mol. The number of nitrogens with zero attached hydrogens (tertiary/aromatic N) is 1. The maximum Gasteiger partial charge on any atom is 0.133 e. The van der Waals surface area contributed by atoms with Crippen LogP contribution in [0.2, 0.25) is 0 Å². The molecule has 1 aromatic heterocycles. The molecule has 2 rings (SSSR count). The molecule has 1 heterocycles. The number of benzene rings is 1. The predicted octanol–water partition coefficient (Wildman–Crippen LogP) is 1.22. The van der Waals surface area contributed by atoms with Gasteiger partial charge in [0.15, 0.2) is 0 Å². The fourth-order valence-corrected chi connectivity index (χ4v) is 1.55. The van der Waals surface area contributed by atoms with Crippen molar-refractivity contribution in [1.82, 2.24) is 4.98 Å². The second kappa shape index (κ2) is 4.14. The van der Waals surface area contributed by atoms with Crippen LogP contribution in [0, 0.1) is 0 Å². The minimum atomic E-state index is 0.0837. The molecule has 0 unspecified atom stereocenters. The van der Waals surface area contributed by atoms with E-state index < -0.39 is 0 Å². The van der Waals surface area contributed by atoms with Gasteiger partial charge in [-0.25, -0.2) is 4.98 Å². The predicted molar refractivity (Wildman–Crippen MR) is 61.7 cm³/mol. The van der Waals surface area contributed by atoms with E-state index in [0.29, 0.717) is 6.54 Å². The van der Waals surface area contributed by atoms with Crippen LogP contribution < -0.4 is 11.1 Å². The van der Waals surface area contributed by atoms with Crippen molar-refractivity contribution in [3.05, 3.63) is 30.5 Å². The Morgan fingerprint density at radius 3 is 2.93 bits per heavy atom. The zero-order valence-corrected chi connectivity index (χ0v) is 8.27. The highest BCUT2D eigenvalue weighted by Gasteiger charge is 2.02. The number of fused-ring (bicyclic) bond motifs is 1. The molecule has 0 radical (unpaired) electrons. The van der Waals surface area contributed by atoms with Crippen LogP contribution >= 0.6 is 0 Å². The van der Waals surface area contributed by atoms with Gasteiger partial charge >= 0.3 is 0 Å². The first-order valence-electron chi connectivity index (χ1n) is 4.81. The van der Waals surface area contributed by atoms with Gasteiger partial charge in [-0.1, -0.05) is 12.1 Å². The number of nitrogen functional groups attached to an aromatic ring is 1. The summed E-state index contributed by atoms with van der Waals surface area (Å²) in [5.41, 5.74) is 6.59. The maximum absolute atomic E-state index is 8.74. The Kier molecular flexibility index (Phi) is 2.69. The van der Waals surface area contributed by atoms with Crippen molar-refractivity contribution in [2.75, 3.05) is 24.2 Å². The van der Waals surface area contributed by atoms with Crippen molar-refractivity contribution in [1.29, 1.82) is 0 Å². The molecule has 0 bridgehead atoms. The minimum absolute atomic E-state index is 0.0837. The van der Waals surface area contributed by atoms with E-state index in [4.69, 9.17) is 10.8 Å². The molecule has 0 amide bonds. The fourth-order valence-electron chi connectivity index (χ4n) is 1.55. The SMILES string of the molecule is Nc1cccc2c(NCCO)nccc12. The van der Waals surface area contributed by atoms with E-state index in [-0.39, 0.29) is 6.61 Å². The van der Waals surface area contributed by atoms with Crippen LogP contribution in [0.3, 0.4) is 0 Å². The monoisotopic (exact) mass is 203 g/mol. The van der Waals surface area contributed by atoms with E-state index in [1.54, 1.807) is 6.20 Å². The summed E-state index contributed by atoms with van der Waals surface area (Å²) in [4.78, 5) is 4.21. The summed E-state index contributed by atoms with van der Waals surface area (Å²) in [5, 5.41) is 13.7. The third-order valence-corrected chi connectivity index (χ3v) is 2.24. The van der Waals surface area contributed by atoms with Gasteiger partial charge in [0.25, 0.3) is 0 Å². The van der Waals surface area contributed by atoms with Crippen LogP contribution in [0.25, 0.3) is 10.8 Å². The molecule has 0 fully saturated rings. The van der Waals surface area contributed by atoms with E-state index in [1.165, 1.54) is 0 Å². The first-order chi connectivity index (χ1) is 7.33. The maximum atomic E-state index is 8.74. The summed E-state index contributed by atoms with van der Waals surface area (Å²) in [7, 11) is 0. The summed E-state index contributed by atoms with van der Waals surface area (Å²) >= 11 is 0. The fraction of sp³-hybridized carbons (Fsp3) is 0.182. The van der Waals surface area contributed by atoms with Gasteiger partial charge in [0.1, 0.15) is 5.82 Å². The number of aromatic nitrogens is 1. The molecule has 0 aliphatic carbocycles. The lowest BCUT2D eigenvalue weighted by atomic mass is 10.1. The Hall–Kier alpha value is -1.81. The van der Waals surface area contributed by atoms with Gasteiger partial charge in [-0.15, -0.1) is 0 Å². The van der Waals surface area contributed by atoms with Gasteiger partial charge in [-0.05, 0) is 12.1 Å². The summed E-state index contributed by atoms with van der Waals surface area (Å²) < 4.78 is 0.